The molecule has 0 aliphatic heterocycles. The van der Waals surface area contributed by atoms with Crippen LogP contribution in [0.3, 0.4) is 0 Å². The molecule has 0 saturated heterocycles. The molecule has 0 atom stereocenters. The predicted molar refractivity (Wildman–Crippen MR) is 126 cm³/mol. The molecule has 4 rings (SSSR count). The molecule has 10 heteroatoms. The zero-order valence-electron chi connectivity index (χ0n) is 19.4. The lowest BCUT2D eigenvalue weighted by molar-refractivity contribution is 0.0523. The van der Waals surface area contributed by atoms with Crippen LogP contribution >= 0.6 is 0 Å². The molecule has 1 amide bonds. The fraction of sp³-hybridized carbons (Fsp3) is 0.240. The molecule has 35 heavy (non-hydrogen) atoms. The Balaban J connectivity index is 2.13. The first-order valence-electron chi connectivity index (χ1n) is 10.9. The van der Waals surface area contributed by atoms with E-state index in [1.807, 2.05) is 13.0 Å². The van der Waals surface area contributed by atoms with Gasteiger partial charge in [-0.1, -0.05) is 6.07 Å². The Hall–Kier alpha value is -4.18. The molecule has 3 heterocycles. The average molecular weight is 478 g/mol. The summed E-state index contributed by atoms with van der Waals surface area (Å²) in [4.78, 5) is 48.2. The SMILES string of the molecule is CCOC(=O)c1cc2c(=O)n3cccc(C)c3nc2n(CCOC)c1=NC(=O)c1ccc(F)cc1. The number of carbonyl (C=O) groups is 2. The Labute approximate surface area is 199 Å². The van der Waals surface area contributed by atoms with Crippen molar-refractivity contribution in [2.45, 2.75) is 20.4 Å². The maximum absolute atomic E-state index is 13.4. The van der Waals surface area contributed by atoms with Gasteiger partial charge < -0.3 is 14.0 Å². The van der Waals surface area contributed by atoms with Crippen molar-refractivity contribution >= 4 is 28.6 Å². The van der Waals surface area contributed by atoms with Gasteiger partial charge in [-0.05, 0) is 55.8 Å². The van der Waals surface area contributed by atoms with Gasteiger partial charge in [0.05, 0.1) is 18.6 Å². The Morgan fingerprint density at radius 3 is 2.57 bits per heavy atom. The standard InChI is InChI=1S/C25H23FN4O5/c1-4-35-25(33)19-14-18-21(27-20-15(2)6-5-11-30(20)24(18)32)29(12-13-34-3)22(19)28-23(31)16-7-9-17(26)10-8-16/h5-11,14H,4,12-13H2,1-3H3. The molecule has 1 aromatic carbocycles. The number of methoxy groups -OCH3 is 1. The monoisotopic (exact) mass is 478 g/mol. The summed E-state index contributed by atoms with van der Waals surface area (Å²) in [6.07, 6.45) is 1.59. The van der Waals surface area contributed by atoms with Crippen molar-refractivity contribution in [3.63, 3.8) is 0 Å². The molecule has 180 valence electrons. The number of pyridine rings is 2. The molecular weight excluding hydrogens is 455 g/mol. The topological polar surface area (TPSA) is 104 Å². The smallest absolute Gasteiger partial charge is 0.341 e. The van der Waals surface area contributed by atoms with Gasteiger partial charge in [0.1, 0.15) is 22.7 Å². The van der Waals surface area contributed by atoms with Crippen molar-refractivity contribution < 1.29 is 23.5 Å². The minimum Gasteiger partial charge on any atom is -0.462 e. The Kier molecular flexibility index (Phi) is 6.83. The zero-order chi connectivity index (χ0) is 25.1. The molecular formula is C25H23FN4O5. The molecule has 0 fully saturated rings. The van der Waals surface area contributed by atoms with Crippen molar-refractivity contribution in [1.29, 1.82) is 0 Å². The summed E-state index contributed by atoms with van der Waals surface area (Å²) in [6, 6.07) is 9.78. The summed E-state index contributed by atoms with van der Waals surface area (Å²) in [5.41, 5.74) is 1.06. The van der Waals surface area contributed by atoms with Crippen LogP contribution in [0.4, 0.5) is 4.39 Å². The van der Waals surface area contributed by atoms with Crippen LogP contribution < -0.4 is 11.0 Å². The van der Waals surface area contributed by atoms with Gasteiger partial charge in [0, 0.05) is 25.4 Å². The molecule has 3 aromatic heterocycles. The first-order chi connectivity index (χ1) is 16.8. The number of hydrogen-bond acceptors (Lipinski definition) is 6. The van der Waals surface area contributed by atoms with E-state index < -0.39 is 17.7 Å². The fourth-order valence-corrected chi connectivity index (χ4v) is 3.71. The maximum Gasteiger partial charge on any atom is 0.341 e. The zero-order valence-corrected chi connectivity index (χ0v) is 19.4. The van der Waals surface area contributed by atoms with Gasteiger partial charge in [0.15, 0.2) is 5.49 Å². The highest BCUT2D eigenvalue weighted by molar-refractivity contribution is 5.97. The third-order valence-corrected chi connectivity index (χ3v) is 5.42. The molecule has 0 N–H and O–H groups in total. The summed E-state index contributed by atoms with van der Waals surface area (Å²) in [6.45, 7) is 3.88. The number of nitrogens with zero attached hydrogens (tertiary/aromatic N) is 4. The van der Waals surface area contributed by atoms with Gasteiger partial charge in [-0.2, -0.15) is 4.99 Å². The van der Waals surface area contributed by atoms with E-state index in [0.29, 0.717) is 5.65 Å². The highest BCUT2D eigenvalue weighted by atomic mass is 19.1. The van der Waals surface area contributed by atoms with Crippen LogP contribution in [0.1, 0.15) is 33.2 Å². The second-order valence-corrected chi connectivity index (χ2v) is 7.71. The molecule has 0 saturated carbocycles. The van der Waals surface area contributed by atoms with Gasteiger partial charge >= 0.3 is 5.97 Å². The number of aryl methyl sites for hydroxylation is 1. The van der Waals surface area contributed by atoms with E-state index in [9.17, 15) is 18.8 Å². The van der Waals surface area contributed by atoms with Gasteiger partial charge in [0.2, 0.25) is 0 Å². The first kappa shape index (κ1) is 24.0. The van der Waals surface area contributed by atoms with Gasteiger partial charge in [-0.15, -0.1) is 0 Å². The van der Waals surface area contributed by atoms with Gasteiger partial charge in [-0.3, -0.25) is 14.0 Å². The molecule has 0 spiro atoms. The van der Waals surface area contributed by atoms with E-state index in [-0.39, 0.29) is 53.0 Å². The van der Waals surface area contributed by atoms with Crippen molar-refractivity contribution in [3.8, 4) is 0 Å². The summed E-state index contributed by atoms with van der Waals surface area (Å²) >= 11 is 0. The van der Waals surface area contributed by atoms with Crippen LogP contribution in [-0.4, -0.2) is 46.2 Å². The second-order valence-electron chi connectivity index (χ2n) is 7.71. The maximum atomic E-state index is 13.4. The molecule has 0 unspecified atom stereocenters. The third kappa shape index (κ3) is 4.60. The molecule has 4 aromatic rings. The number of hydrogen-bond donors (Lipinski definition) is 0. The predicted octanol–water partition coefficient (Wildman–Crippen LogP) is 2.66. The number of fused-ring (bicyclic) bond motifs is 2. The normalized spacial score (nSPS) is 11.8. The highest BCUT2D eigenvalue weighted by Gasteiger charge is 2.20. The van der Waals surface area contributed by atoms with E-state index in [4.69, 9.17) is 9.47 Å². The van der Waals surface area contributed by atoms with Crippen molar-refractivity contribution in [2.24, 2.45) is 4.99 Å². The molecule has 0 aliphatic carbocycles. The summed E-state index contributed by atoms with van der Waals surface area (Å²) in [5.74, 6) is -1.95. The number of amides is 1. The van der Waals surface area contributed by atoms with E-state index in [1.165, 1.54) is 34.3 Å². The number of halogens is 1. The number of benzene rings is 1. The number of ether oxygens (including phenoxy) is 2. The number of carbonyl (C=O) groups excluding carboxylic acids is 2. The summed E-state index contributed by atoms with van der Waals surface area (Å²) < 4.78 is 26.7. The van der Waals surface area contributed by atoms with Gasteiger partial charge in [0.25, 0.3) is 11.5 Å². The lowest BCUT2D eigenvalue weighted by Gasteiger charge is -2.15. The van der Waals surface area contributed by atoms with E-state index >= 15 is 0 Å². The Morgan fingerprint density at radius 1 is 1.14 bits per heavy atom. The van der Waals surface area contributed by atoms with Crippen LogP contribution in [0, 0.1) is 12.7 Å². The van der Waals surface area contributed by atoms with Crippen molar-refractivity contribution in [2.75, 3.05) is 20.3 Å². The fourth-order valence-electron chi connectivity index (χ4n) is 3.71. The van der Waals surface area contributed by atoms with Crippen LogP contribution in [0.25, 0.3) is 16.7 Å². The van der Waals surface area contributed by atoms with Crippen molar-refractivity contribution in [3.05, 3.63) is 87.0 Å². The van der Waals surface area contributed by atoms with E-state index in [1.54, 1.807) is 19.2 Å². The lowest BCUT2D eigenvalue weighted by Crippen LogP contribution is -2.33. The van der Waals surface area contributed by atoms with Crippen LogP contribution in [0.2, 0.25) is 0 Å². The van der Waals surface area contributed by atoms with Crippen LogP contribution in [0.15, 0.2) is 58.4 Å². The van der Waals surface area contributed by atoms with Crippen molar-refractivity contribution in [1.82, 2.24) is 14.0 Å². The summed E-state index contributed by atoms with van der Waals surface area (Å²) in [5, 5.41) is 0.153. The Morgan fingerprint density at radius 2 is 1.89 bits per heavy atom. The largest absolute Gasteiger partial charge is 0.462 e. The molecule has 0 radical (unpaired) electrons. The minimum atomic E-state index is -0.750. The minimum absolute atomic E-state index is 0.0350. The first-order valence-corrected chi connectivity index (χ1v) is 10.9. The summed E-state index contributed by atoms with van der Waals surface area (Å²) in [7, 11) is 1.50. The number of rotatable bonds is 6. The van der Waals surface area contributed by atoms with E-state index in [2.05, 4.69) is 9.98 Å². The molecule has 0 bridgehead atoms. The lowest BCUT2D eigenvalue weighted by atomic mass is 10.2. The van der Waals surface area contributed by atoms with Crippen LogP contribution in [-0.2, 0) is 16.0 Å². The second kappa shape index (κ2) is 9.98. The molecule has 9 nitrogen and oxygen atoms in total. The van der Waals surface area contributed by atoms with Gasteiger partial charge in [-0.25, -0.2) is 14.2 Å². The highest BCUT2D eigenvalue weighted by Crippen LogP contribution is 2.14. The number of esters is 1. The third-order valence-electron chi connectivity index (χ3n) is 5.42. The van der Waals surface area contributed by atoms with Crippen LogP contribution in [0.5, 0.6) is 0 Å². The Bertz CT molecular complexity index is 1570. The quantitative estimate of drug-likeness (QED) is 0.312. The number of aromatic nitrogens is 3. The van der Waals surface area contributed by atoms with E-state index in [0.717, 1.165) is 17.7 Å². The average Bonchev–Trinajstić information content (AvgIpc) is 2.84. The molecule has 0 aliphatic rings.